The number of hydrogen-bond acceptors (Lipinski definition) is 3. The van der Waals surface area contributed by atoms with Gasteiger partial charge in [-0.1, -0.05) is 6.07 Å². The summed E-state index contributed by atoms with van der Waals surface area (Å²) in [4.78, 5) is 0. The number of nitrogens with two attached hydrogens (primary N) is 1. The second kappa shape index (κ2) is 5.43. The predicted octanol–water partition coefficient (Wildman–Crippen LogP) is 2.86. The molecule has 17 heavy (non-hydrogen) atoms. The number of alkyl halides is 3. The Morgan fingerprint density at radius 2 is 2.06 bits per heavy atom. The first-order chi connectivity index (χ1) is 7.94. The molecule has 0 saturated carbocycles. The number of hydrogen-bond donors (Lipinski definition) is 1. The van der Waals surface area contributed by atoms with Gasteiger partial charge in [-0.3, -0.25) is 0 Å². The minimum absolute atomic E-state index is 0.0847. The standard InChI is InChI=1S/C11H11F3N2O/c12-11(13,14)5-2-6-17-9-4-1-3-8(7-15)10(9)16/h1,3-4H,2,5-6,16H2. The summed E-state index contributed by atoms with van der Waals surface area (Å²) in [6, 6.07) is 6.46. The van der Waals surface area contributed by atoms with Crippen molar-refractivity contribution in [2.24, 2.45) is 0 Å². The largest absolute Gasteiger partial charge is 0.491 e. The van der Waals surface area contributed by atoms with Crippen molar-refractivity contribution >= 4 is 5.69 Å². The number of para-hydroxylation sites is 1. The van der Waals surface area contributed by atoms with Crippen LogP contribution in [-0.4, -0.2) is 12.8 Å². The minimum atomic E-state index is -4.18. The molecule has 0 aromatic heterocycles. The van der Waals surface area contributed by atoms with E-state index in [0.717, 1.165) is 0 Å². The summed E-state index contributed by atoms with van der Waals surface area (Å²) in [5, 5.41) is 8.69. The quantitative estimate of drug-likeness (QED) is 0.654. The van der Waals surface area contributed by atoms with E-state index in [1.807, 2.05) is 6.07 Å². The smallest absolute Gasteiger partial charge is 0.389 e. The highest BCUT2D eigenvalue weighted by atomic mass is 19.4. The maximum absolute atomic E-state index is 11.9. The van der Waals surface area contributed by atoms with Crippen molar-refractivity contribution in [2.75, 3.05) is 12.3 Å². The number of nitrogen functional groups attached to an aromatic ring is 1. The van der Waals surface area contributed by atoms with Crippen LogP contribution in [-0.2, 0) is 0 Å². The second-order valence-corrected chi connectivity index (χ2v) is 3.40. The Hall–Kier alpha value is -1.90. The fraction of sp³-hybridized carbons (Fsp3) is 0.364. The zero-order chi connectivity index (χ0) is 12.9. The Bertz CT molecular complexity index is 424. The molecule has 1 aromatic rings. The normalized spacial score (nSPS) is 10.9. The molecule has 0 saturated heterocycles. The fourth-order valence-electron chi connectivity index (χ4n) is 1.22. The number of nitriles is 1. The van der Waals surface area contributed by atoms with E-state index >= 15 is 0 Å². The summed E-state index contributed by atoms with van der Waals surface area (Å²) in [6.07, 6.45) is -5.21. The molecule has 0 radical (unpaired) electrons. The van der Waals surface area contributed by atoms with Crippen molar-refractivity contribution < 1.29 is 17.9 Å². The monoisotopic (exact) mass is 244 g/mol. The lowest BCUT2D eigenvalue weighted by Gasteiger charge is -2.10. The van der Waals surface area contributed by atoms with Gasteiger partial charge in [0.2, 0.25) is 0 Å². The SMILES string of the molecule is N#Cc1cccc(OCCCC(F)(F)F)c1N. The average Bonchev–Trinajstić information content (AvgIpc) is 2.25. The number of halogens is 3. The zero-order valence-electron chi connectivity index (χ0n) is 8.92. The first-order valence-electron chi connectivity index (χ1n) is 4.92. The Morgan fingerprint density at radius 1 is 1.35 bits per heavy atom. The van der Waals surface area contributed by atoms with E-state index in [4.69, 9.17) is 15.7 Å². The number of ether oxygens (including phenoxy) is 1. The Balaban J connectivity index is 2.51. The first-order valence-corrected chi connectivity index (χ1v) is 4.92. The van der Waals surface area contributed by atoms with Crippen molar-refractivity contribution in [1.29, 1.82) is 5.26 Å². The molecule has 1 aromatic carbocycles. The van der Waals surface area contributed by atoms with Crippen LogP contribution in [0.5, 0.6) is 5.75 Å². The van der Waals surface area contributed by atoms with Crippen LogP contribution in [0.15, 0.2) is 18.2 Å². The molecule has 0 aliphatic carbocycles. The van der Waals surface area contributed by atoms with E-state index in [9.17, 15) is 13.2 Å². The van der Waals surface area contributed by atoms with Gasteiger partial charge >= 0.3 is 6.18 Å². The van der Waals surface area contributed by atoms with Gasteiger partial charge in [-0.2, -0.15) is 18.4 Å². The maximum Gasteiger partial charge on any atom is 0.389 e. The van der Waals surface area contributed by atoms with Gasteiger partial charge < -0.3 is 10.5 Å². The molecule has 0 spiro atoms. The van der Waals surface area contributed by atoms with Gasteiger partial charge in [0.05, 0.1) is 17.9 Å². The summed E-state index contributed by atoms with van der Waals surface area (Å²) < 4.78 is 40.7. The number of benzene rings is 1. The zero-order valence-corrected chi connectivity index (χ0v) is 8.92. The lowest BCUT2D eigenvalue weighted by molar-refractivity contribution is -0.136. The summed E-state index contributed by atoms with van der Waals surface area (Å²) in [7, 11) is 0. The molecule has 0 aliphatic rings. The minimum Gasteiger partial charge on any atom is -0.491 e. The lowest BCUT2D eigenvalue weighted by Crippen LogP contribution is -2.10. The van der Waals surface area contributed by atoms with E-state index in [0.29, 0.717) is 0 Å². The van der Waals surface area contributed by atoms with Crippen molar-refractivity contribution in [2.45, 2.75) is 19.0 Å². The number of rotatable bonds is 4. The molecule has 92 valence electrons. The van der Waals surface area contributed by atoms with Crippen LogP contribution >= 0.6 is 0 Å². The molecule has 2 N–H and O–H groups in total. The molecule has 0 aliphatic heterocycles. The number of anilines is 1. The Labute approximate surface area is 96.6 Å². The van der Waals surface area contributed by atoms with Crippen LogP contribution in [0, 0.1) is 11.3 Å². The molecule has 1 rings (SSSR count). The van der Waals surface area contributed by atoms with Crippen LogP contribution in [0.4, 0.5) is 18.9 Å². The highest BCUT2D eigenvalue weighted by molar-refractivity contribution is 5.62. The van der Waals surface area contributed by atoms with Crippen molar-refractivity contribution in [3.8, 4) is 11.8 Å². The lowest BCUT2D eigenvalue weighted by atomic mass is 10.2. The molecule has 0 fully saturated rings. The first kappa shape index (κ1) is 13.2. The van der Waals surface area contributed by atoms with Crippen molar-refractivity contribution in [3.05, 3.63) is 23.8 Å². The van der Waals surface area contributed by atoms with Crippen molar-refractivity contribution in [3.63, 3.8) is 0 Å². The third kappa shape index (κ3) is 4.23. The topological polar surface area (TPSA) is 59.0 Å². The highest BCUT2D eigenvalue weighted by Crippen LogP contribution is 2.26. The second-order valence-electron chi connectivity index (χ2n) is 3.40. The van der Waals surface area contributed by atoms with Crippen molar-refractivity contribution in [1.82, 2.24) is 0 Å². The van der Waals surface area contributed by atoms with Gasteiger partial charge in [-0.05, 0) is 18.6 Å². The van der Waals surface area contributed by atoms with E-state index < -0.39 is 12.6 Å². The summed E-state index contributed by atoms with van der Waals surface area (Å²) in [6.45, 7) is -0.0847. The molecule has 6 heteroatoms. The summed E-state index contributed by atoms with van der Waals surface area (Å²) in [5.74, 6) is 0.242. The van der Waals surface area contributed by atoms with Crippen LogP contribution in [0.3, 0.4) is 0 Å². The molecule has 0 amide bonds. The van der Waals surface area contributed by atoms with Gasteiger partial charge in [0.15, 0.2) is 0 Å². The maximum atomic E-state index is 11.9. The van der Waals surface area contributed by atoms with Gasteiger partial charge in [0.25, 0.3) is 0 Å². The third-order valence-electron chi connectivity index (χ3n) is 2.05. The van der Waals surface area contributed by atoms with E-state index in [1.54, 1.807) is 6.07 Å². The van der Waals surface area contributed by atoms with Crippen LogP contribution < -0.4 is 10.5 Å². The molecule has 0 atom stereocenters. The number of nitrogens with zero attached hydrogens (tertiary/aromatic N) is 1. The summed E-state index contributed by atoms with van der Waals surface area (Å²) in [5.41, 5.74) is 6.00. The van der Waals surface area contributed by atoms with E-state index in [-0.39, 0.29) is 30.0 Å². The van der Waals surface area contributed by atoms with Crippen LogP contribution in [0.25, 0.3) is 0 Å². The molecule has 0 bridgehead atoms. The average molecular weight is 244 g/mol. The van der Waals surface area contributed by atoms with Gasteiger partial charge in [-0.25, -0.2) is 0 Å². The predicted molar refractivity (Wildman–Crippen MR) is 56.4 cm³/mol. The fourth-order valence-corrected chi connectivity index (χ4v) is 1.22. The van der Waals surface area contributed by atoms with Crippen LogP contribution in [0.2, 0.25) is 0 Å². The van der Waals surface area contributed by atoms with Crippen LogP contribution in [0.1, 0.15) is 18.4 Å². The Morgan fingerprint density at radius 3 is 2.65 bits per heavy atom. The highest BCUT2D eigenvalue weighted by Gasteiger charge is 2.26. The summed E-state index contributed by atoms with van der Waals surface area (Å²) >= 11 is 0. The molecule has 0 unspecified atom stereocenters. The van der Waals surface area contributed by atoms with Gasteiger partial charge in [-0.15, -0.1) is 0 Å². The third-order valence-corrected chi connectivity index (χ3v) is 2.05. The molecular formula is C11H11F3N2O. The molecule has 0 heterocycles. The Kier molecular flexibility index (Phi) is 4.21. The van der Waals surface area contributed by atoms with Gasteiger partial charge in [0.1, 0.15) is 11.8 Å². The van der Waals surface area contributed by atoms with Gasteiger partial charge in [0, 0.05) is 6.42 Å². The molecule has 3 nitrogen and oxygen atoms in total. The van der Waals surface area contributed by atoms with E-state index in [1.165, 1.54) is 12.1 Å². The molecular weight excluding hydrogens is 233 g/mol. The van der Waals surface area contributed by atoms with E-state index in [2.05, 4.69) is 0 Å².